The third-order valence-corrected chi connectivity index (χ3v) is 2.94. The maximum atomic E-state index is 6.19. The average Bonchev–Trinajstić information content (AvgIpc) is 2.85. The number of halogens is 1. The Bertz CT molecular complexity index is 587. The molecule has 15 heavy (non-hydrogen) atoms. The predicted molar refractivity (Wildman–Crippen MR) is 58.9 cm³/mol. The summed E-state index contributed by atoms with van der Waals surface area (Å²) in [6.45, 7) is 0.400. The first-order valence-electron chi connectivity index (χ1n) is 4.57. The Labute approximate surface area is 90.4 Å². The molecule has 2 aromatic heterocycles. The highest BCUT2D eigenvalue weighted by atomic mass is 35.5. The Morgan fingerprint density at radius 3 is 2.47 bits per heavy atom. The fourth-order valence-corrected chi connectivity index (χ4v) is 2.18. The summed E-state index contributed by atoms with van der Waals surface area (Å²) >= 11 is 6.19. The lowest BCUT2D eigenvalue weighted by Crippen LogP contribution is -1.97. The van der Waals surface area contributed by atoms with E-state index in [-0.39, 0.29) is 0 Å². The molecule has 3 rings (SSSR count). The van der Waals surface area contributed by atoms with Crippen molar-refractivity contribution in [3.8, 4) is 0 Å². The Balaban J connectivity index is 2.64. The highest BCUT2D eigenvalue weighted by Gasteiger charge is 2.15. The normalized spacial score (nSPS) is 11.6. The highest BCUT2D eigenvalue weighted by Crippen LogP contribution is 2.36. The lowest BCUT2D eigenvalue weighted by Gasteiger charge is -2.02. The molecular weight excluding hydrogens is 214 g/mol. The van der Waals surface area contributed by atoms with Gasteiger partial charge in [-0.1, -0.05) is 11.6 Å². The number of benzene rings is 1. The Morgan fingerprint density at radius 2 is 1.73 bits per heavy atom. The van der Waals surface area contributed by atoms with Crippen LogP contribution >= 0.6 is 11.6 Å². The first kappa shape index (κ1) is 8.83. The smallest absolute Gasteiger partial charge is 0.153 e. The monoisotopic (exact) mass is 221 g/mol. The van der Waals surface area contributed by atoms with E-state index in [9.17, 15) is 0 Å². The molecule has 76 valence electrons. The summed E-state index contributed by atoms with van der Waals surface area (Å²) in [6.07, 6.45) is 3.21. The summed E-state index contributed by atoms with van der Waals surface area (Å²) in [6, 6.07) is 3.67. The zero-order valence-electron chi connectivity index (χ0n) is 7.79. The van der Waals surface area contributed by atoms with Gasteiger partial charge < -0.3 is 14.6 Å². The van der Waals surface area contributed by atoms with Crippen LogP contribution in [0.5, 0.6) is 0 Å². The quantitative estimate of drug-likeness (QED) is 0.686. The van der Waals surface area contributed by atoms with E-state index in [2.05, 4.69) is 0 Å². The summed E-state index contributed by atoms with van der Waals surface area (Å²) in [7, 11) is 0. The van der Waals surface area contributed by atoms with Gasteiger partial charge >= 0.3 is 0 Å². The van der Waals surface area contributed by atoms with Gasteiger partial charge in [0, 0.05) is 22.9 Å². The zero-order valence-corrected chi connectivity index (χ0v) is 8.54. The molecule has 0 aliphatic carbocycles. The first-order valence-corrected chi connectivity index (χ1v) is 4.95. The van der Waals surface area contributed by atoms with E-state index in [1.54, 1.807) is 12.5 Å². The Morgan fingerprint density at radius 1 is 1.07 bits per heavy atom. The van der Waals surface area contributed by atoms with E-state index in [4.69, 9.17) is 26.2 Å². The molecule has 3 aromatic rings. The largest absolute Gasteiger partial charge is 0.464 e. The van der Waals surface area contributed by atoms with Gasteiger partial charge in [-0.05, 0) is 12.1 Å². The molecule has 4 heteroatoms. The van der Waals surface area contributed by atoms with Crippen molar-refractivity contribution in [2.75, 3.05) is 0 Å². The van der Waals surface area contributed by atoms with Gasteiger partial charge in [0.15, 0.2) is 5.58 Å². The van der Waals surface area contributed by atoms with Crippen LogP contribution < -0.4 is 5.73 Å². The maximum absolute atomic E-state index is 6.19. The van der Waals surface area contributed by atoms with Crippen LogP contribution in [0.2, 0.25) is 5.02 Å². The van der Waals surface area contributed by atoms with Gasteiger partial charge in [0.1, 0.15) is 5.58 Å². The number of furan rings is 2. The van der Waals surface area contributed by atoms with Gasteiger partial charge in [-0.25, -0.2) is 0 Å². The Hall–Kier alpha value is -1.45. The molecule has 0 unspecified atom stereocenters. The van der Waals surface area contributed by atoms with Crippen molar-refractivity contribution in [2.24, 2.45) is 5.73 Å². The third-order valence-electron chi connectivity index (χ3n) is 2.57. The van der Waals surface area contributed by atoms with Crippen molar-refractivity contribution in [3.63, 3.8) is 0 Å². The molecule has 0 atom stereocenters. The average molecular weight is 222 g/mol. The van der Waals surface area contributed by atoms with E-state index in [0.717, 1.165) is 21.9 Å². The summed E-state index contributed by atoms with van der Waals surface area (Å²) in [5.74, 6) is 0. The van der Waals surface area contributed by atoms with E-state index >= 15 is 0 Å². The summed E-state index contributed by atoms with van der Waals surface area (Å²) in [4.78, 5) is 0. The molecule has 0 fully saturated rings. The third kappa shape index (κ3) is 1.05. The van der Waals surface area contributed by atoms with E-state index < -0.39 is 0 Å². The molecule has 3 nitrogen and oxygen atoms in total. The molecule has 2 N–H and O–H groups in total. The minimum atomic E-state index is 0.400. The van der Waals surface area contributed by atoms with Crippen molar-refractivity contribution >= 4 is 33.5 Å². The molecule has 0 aliphatic heterocycles. The lowest BCUT2D eigenvalue weighted by molar-refractivity contribution is 0.609. The van der Waals surface area contributed by atoms with Crippen LogP contribution in [0.25, 0.3) is 21.9 Å². The standard InChI is InChI=1S/C11H8ClNO2/c12-9-7-2-4-14-10(7)8(5-13)6-1-3-15-11(6)9/h1-4H,5,13H2. The van der Waals surface area contributed by atoms with Crippen molar-refractivity contribution in [3.05, 3.63) is 35.2 Å². The first-order chi connectivity index (χ1) is 7.33. The van der Waals surface area contributed by atoms with Gasteiger partial charge in [-0.15, -0.1) is 0 Å². The van der Waals surface area contributed by atoms with Crippen LogP contribution in [0.4, 0.5) is 0 Å². The number of hydrogen-bond acceptors (Lipinski definition) is 3. The van der Waals surface area contributed by atoms with Crippen LogP contribution in [0.3, 0.4) is 0 Å². The van der Waals surface area contributed by atoms with Crippen molar-refractivity contribution in [2.45, 2.75) is 6.54 Å². The fraction of sp³-hybridized carbons (Fsp3) is 0.0909. The van der Waals surface area contributed by atoms with Crippen molar-refractivity contribution in [1.82, 2.24) is 0 Å². The molecule has 0 bridgehead atoms. The zero-order chi connectivity index (χ0) is 10.4. The van der Waals surface area contributed by atoms with Crippen molar-refractivity contribution in [1.29, 1.82) is 0 Å². The van der Waals surface area contributed by atoms with Crippen LogP contribution in [0, 0.1) is 0 Å². The second-order valence-corrected chi connectivity index (χ2v) is 3.70. The molecule has 1 aromatic carbocycles. The highest BCUT2D eigenvalue weighted by molar-refractivity contribution is 6.40. The van der Waals surface area contributed by atoms with Crippen LogP contribution in [0.1, 0.15) is 5.56 Å². The second-order valence-electron chi connectivity index (χ2n) is 3.32. The maximum Gasteiger partial charge on any atom is 0.153 e. The number of hydrogen-bond donors (Lipinski definition) is 1. The van der Waals surface area contributed by atoms with E-state index in [0.29, 0.717) is 17.2 Å². The minimum Gasteiger partial charge on any atom is -0.464 e. The molecule has 0 spiro atoms. The molecule has 0 radical (unpaired) electrons. The van der Waals surface area contributed by atoms with Gasteiger partial charge in [0.25, 0.3) is 0 Å². The van der Waals surface area contributed by atoms with E-state index in [1.807, 2.05) is 12.1 Å². The lowest BCUT2D eigenvalue weighted by atomic mass is 10.1. The van der Waals surface area contributed by atoms with Gasteiger partial charge in [-0.2, -0.15) is 0 Å². The minimum absolute atomic E-state index is 0.400. The number of nitrogens with two attached hydrogens (primary N) is 1. The molecule has 0 amide bonds. The van der Waals surface area contributed by atoms with E-state index in [1.165, 1.54) is 0 Å². The molecule has 0 saturated heterocycles. The topological polar surface area (TPSA) is 52.3 Å². The van der Waals surface area contributed by atoms with Crippen LogP contribution in [-0.2, 0) is 6.54 Å². The number of rotatable bonds is 1. The number of fused-ring (bicyclic) bond motifs is 2. The SMILES string of the molecule is NCc1c2ccoc2c(Cl)c2ccoc12. The summed E-state index contributed by atoms with van der Waals surface area (Å²) < 4.78 is 10.7. The van der Waals surface area contributed by atoms with Gasteiger partial charge in [-0.3, -0.25) is 0 Å². The van der Waals surface area contributed by atoms with Gasteiger partial charge in [0.05, 0.1) is 17.5 Å². The molecule has 2 heterocycles. The van der Waals surface area contributed by atoms with Crippen LogP contribution in [-0.4, -0.2) is 0 Å². The second kappa shape index (κ2) is 3.02. The molecular formula is C11H8ClNO2. The summed E-state index contributed by atoms with van der Waals surface area (Å²) in [5.41, 5.74) is 8.06. The Kier molecular flexibility index (Phi) is 1.78. The molecule has 0 saturated carbocycles. The fourth-order valence-electron chi connectivity index (χ4n) is 1.88. The predicted octanol–water partition coefficient (Wildman–Crippen LogP) is 3.29. The van der Waals surface area contributed by atoms with Crippen LogP contribution in [0.15, 0.2) is 33.5 Å². The van der Waals surface area contributed by atoms with Gasteiger partial charge in [0.2, 0.25) is 0 Å². The summed E-state index contributed by atoms with van der Waals surface area (Å²) in [5, 5.41) is 2.35. The molecule has 0 aliphatic rings. The van der Waals surface area contributed by atoms with Crippen molar-refractivity contribution < 1.29 is 8.83 Å².